The molecule has 2 fully saturated rings. The fourth-order valence-corrected chi connectivity index (χ4v) is 3.25. The maximum atomic E-state index is 12.4. The van der Waals surface area contributed by atoms with E-state index in [0.29, 0.717) is 24.3 Å². The zero-order chi connectivity index (χ0) is 14.2. The molecule has 4 heteroatoms. The lowest BCUT2D eigenvalue weighted by Gasteiger charge is -2.39. The monoisotopic (exact) mass is 266 g/mol. The highest BCUT2D eigenvalue weighted by molar-refractivity contribution is 5.89. The maximum absolute atomic E-state index is 12.4. The van der Waals surface area contributed by atoms with Gasteiger partial charge in [-0.05, 0) is 24.2 Å². The van der Waals surface area contributed by atoms with E-state index in [9.17, 15) is 9.59 Å². The number of carbonyl (C=O) groups is 2. The first-order valence-electron chi connectivity index (χ1n) is 7.32. The highest BCUT2D eigenvalue weighted by Crippen LogP contribution is 2.34. The summed E-state index contributed by atoms with van der Waals surface area (Å²) in [5.74, 6) is 0.876. The summed E-state index contributed by atoms with van der Waals surface area (Å²) >= 11 is 0. The van der Waals surface area contributed by atoms with Gasteiger partial charge in [0, 0.05) is 33.1 Å². The predicted octanol–water partition coefficient (Wildman–Crippen LogP) is 1.75. The Balaban J connectivity index is 1.88. The van der Waals surface area contributed by atoms with Crippen molar-refractivity contribution in [2.24, 2.45) is 17.3 Å². The van der Waals surface area contributed by atoms with Crippen LogP contribution in [0.2, 0.25) is 0 Å². The Morgan fingerprint density at radius 1 is 1.21 bits per heavy atom. The molecule has 2 rings (SSSR count). The van der Waals surface area contributed by atoms with Crippen molar-refractivity contribution in [2.75, 3.05) is 26.7 Å². The molecule has 0 spiro atoms. The highest BCUT2D eigenvalue weighted by atomic mass is 16.2. The average Bonchev–Trinajstić information content (AvgIpc) is 2.68. The summed E-state index contributed by atoms with van der Waals surface area (Å²) in [6.07, 6.45) is 2.58. The van der Waals surface area contributed by atoms with Crippen molar-refractivity contribution in [3.05, 3.63) is 0 Å². The van der Waals surface area contributed by atoms with Gasteiger partial charge in [-0.15, -0.1) is 0 Å². The normalized spacial score (nSPS) is 26.1. The Bertz CT molecular complexity index is 365. The van der Waals surface area contributed by atoms with Crippen LogP contribution in [0.5, 0.6) is 0 Å². The van der Waals surface area contributed by atoms with Gasteiger partial charge in [-0.1, -0.05) is 20.8 Å². The lowest BCUT2D eigenvalue weighted by atomic mass is 9.75. The summed E-state index contributed by atoms with van der Waals surface area (Å²) in [7, 11) is 1.78. The second-order valence-electron chi connectivity index (χ2n) is 7.14. The third-order valence-corrected chi connectivity index (χ3v) is 4.72. The molecule has 108 valence electrons. The van der Waals surface area contributed by atoms with Gasteiger partial charge in [0.1, 0.15) is 0 Å². The van der Waals surface area contributed by atoms with E-state index in [0.717, 1.165) is 25.9 Å². The molecule has 0 bridgehead atoms. The highest BCUT2D eigenvalue weighted by Gasteiger charge is 2.37. The molecule has 0 aliphatic carbocycles. The zero-order valence-corrected chi connectivity index (χ0v) is 12.6. The molecule has 0 aromatic heterocycles. The Hall–Kier alpha value is -1.06. The average molecular weight is 266 g/mol. The molecule has 2 heterocycles. The number of likely N-dealkylation sites (tertiary alicyclic amines) is 2. The second-order valence-corrected chi connectivity index (χ2v) is 7.14. The molecule has 1 unspecified atom stereocenters. The molecule has 0 aromatic carbocycles. The minimum atomic E-state index is -0.108. The minimum Gasteiger partial charge on any atom is -0.345 e. The number of piperidine rings is 1. The molecule has 2 aliphatic heterocycles. The van der Waals surface area contributed by atoms with E-state index < -0.39 is 0 Å². The largest absolute Gasteiger partial charge is 0.345 e. The van der Waals surface area contributed by atoms with Gasteiger partial charge in [0.05, 0.1) is 5.92 Å². The Labute approximate surface area is 116 Å². The predicted molar refractivity (Wildman–Crippen MR) is 74.5 cm³/mol. The van der Waals surface area contributed by atoms with Crippen LogP contribution >= 0.6 is 0 Å². The summed E-state index contributed by atoms with van der Waals surface area (Å²) in [4.78, 5) is 27.5. The molecule has 2 amide bonds. The van der Waals surface area contributed by atoms with Gasteiger partial charge in [-0.2, -0.15) is 0 Å². The number of rotatable bonds is 1. The number of amides is 2. The van der Waals surface area contributed by atoms with E-state index in [1.54, 1.807) is 11.9 Å². The fraction of sp³-hybridized carbons (Fsp3) is 0.867. The molecule has 0 N–H and O–H groups in total. The zero-order valence-electron chi connectivity index (χ0n) is 12.6. The molecule has 0 radical (unpaired) electrons. The van der Waals surface area contributed by atoms with Gasteiger partial charge < -0.3 is 9.80 Å². The van der Waals surface area contributed by atoms with E-state index in [-0.39, 0.29) is 17.7 Å². The van der Waals surface area contributed by atoms with Gasteiger partial charge in [-0.3, -0.25) is 9.59 Å². The molecule has 2 saturated heterocycles. The van der Waals surface area contributed by atoms with Crippen molar-refractivity contribution < 1.29 is 9.59 Å². The first-order valence-corrected chi connectivity index (χ1v) is 7.32. The topological polar surface area (TPSA) is 40.6 Å². The van der Waals surface area contributed by atoms with Crippen molar-refractivity contribution in [1.29, 1.82) is 0 Å². The summed E-state index contributed by atoms with van der Waals surface area (Å²) < 4.78 is 0. The van der Waals surface area contributed by atoms with Crippen LogP contribution in [0.4, 0.5) is 0 Å². The van der Waals surface area contributed by atoms with E-state index in [1.807, 2.05) is 4.90 Å². The Kier molecular flexibility index (Phi) is 3.88. The maximum Gasteiger partial charge on any atom is 0.227 e. The van der Waals surface area contributed by atoms with Gasteiger partial charge in [0.25, 0.3) is 0 Å². The van der Waals surface area contributed by atoms with Gasteiger partial charge in [0.2, 0.25) is 11.8 Å². The van der Waals surface area contributed by atoms with Crippen LogP contribution in [0, 0.1) is 17.3 Å². The van der Waals surface area contributed by atoms with Gasteiger partial charge in [0.15, 0.2) is 0 Å². The standard InChI is InChI=1S/C15H26N2O2/c1-15(2,3)12-5-7-17(8-6-12)14(19)11-9-13(18)16(4)10-11/h11-12H,5-10H2,1-4H3. The number of carbonyl (C=O) groups excluding carboxylic acids is 2. The Morgan fingerprint density at radius 3 is 2.21 bits per heavy atom. The van der Waals surface area contributed by atoms with Crippen LogP contribution in [0.1, 0.15) is 40.0 Å². The number of hydrogen-bond donors (Lipinski definition) is 0. The molecule has 1 atom stereocenters. The Morgan fingerprint density at radius 2 is 1.79 bits per heavy atom. The molecular weight excluding hydrogens is 240 g/mol. The molecule has 0 saturated carbocycles. The van der Waals surface area contributed by atoms with E-state index in [4.69, 9.17) is 0 Å². The quantitative estimate of drug-likeness (QED) is 0.725. The second kappa shape index (κ2) is 5.14. The fourth-order valence-electron chi connectivity index (χ4n) is 3.25. The van der Waals surface area contributed by atoms with Crippen LogP contribution in [0.15, 0.2) is 0 Å². The molecular formula is C15H26N2O2. The van der Waals surface area contributed by atoms with E-state index in [2.05, 4.69) is 20.8 Å². The van der Waals surface area contributed by atoms with Crippen molar-refractivity contribution in [2.45, 2.75) is 40.0 Å². The van der Waals surface area contributed by atoms with Gasteiger partial charge >= 0.3 is 0 Å². The number of nitrogens with zero attached hydrogens (tertiary/aromatic N) is 2. The molecule has 2 aliphatic rings. The molecule has 0 aromatic rings. The van der Waals surface area contributed by atoms with Crippen molar-refractivity contribution in [3.8, 4) is 0 Å². The summed E-state index contributed by atoms with van der Waals surface area (Å²) in [5, 5.41) is 0. The summed E-state index contributed by atoms with van der Waals surface area (Å²) in [5.41, 5.74) is 0.332. The van der Waals surface area contributed by atoms with Crippen LogP contribution in [-0.2, 0) is 9.59 Å². The molecule has 4 nitrogen and oxygen atoms in total. The first kappa shape index (κ1) is 14.4. The third kappa shape index (κ3) is 3.10. The third-order valence-electron chi connectivity index (χ3n) is 4.72. The van der Waals surface area contributed by atoms with Crippen LogP contribution in [-0.4, -0.2) is 48.3 Å². The van der Waals surface area contributed by atoms with Gasteiger partial charge in [-0.25, -0.2) is 0 Å². The smallest absolute Gasteiger partial charge is 0.227 e. The van der Waals surface area contributed by atoms with E-state index in [1.165, 1.54) is 0 Å². The first-order chi connectivity index (χ1) is 8.79. The van der Waals surface area contributed by atoms with Crippen molar-refractivity contribution in [1.82, 2.24) is 9.80 Å². The summed E-state index contributed by atoms with van der Waals surface area (Å²) in [6, 6.07) is 0. The minimum absolute atomic E-state index is 0.0999. The van der Waals surface area contributed by atoms with E-state index >= 15 is 0 Å². The van der Waals surface area contributed by atoms with Crippen LogP contribution in [0.25, 0.3) is 0 Å². The van der Waals surface area contributed by atoms with Crippen LogP contribution in [0.3, 0.4) is 0 Å². The lowest BCUT2D eigenvalue weighted by Crippen LogP contribution is -2.44. The van der Waals surface area contributed by atoms with Crippen molar-refractivity contribution >= 4 is 11.8 Å². The molecule has 19 heavy (non-hydrogen) atoms. The SMILES string of the molecule is CN1CC(C(=O)N2CCC(C(C)(C)C)CC2)CC1=O. The van der Waals surface area contributed by atoms with Crippen molar-refractivity contribution in [3.63, 3.8) is 0 Å². The lowest BCUT2D eigenvalue weighted by molar-refractivity contribution is -0.137. The summed E-state index contributed by atoms with van der Waals surface area (Å²) in [6.45, 7) is 9.14. The number of hydrogen-bond acceptors (Lipinski definition) is 2. The van der Waals surface area contributed by atoms with Crippen LogP contribution < -0.4 is 0 Å².